The van der Waals surface area contributed by atoms with Gasteiger partial charge in [0.2, 0.25) is 0 Å². The Morgan fingerprint density at radius 1 is 1.31 bits per heavy atom. The van der Waals surface area contributed by atoms with Crippen LogP contribution in [0.25, 0.3) is 0 Å². The first-order chi connectivity index (χ1) is 5.97. The molecule has 0 saturated carbocycles. The Hall–Kier alpha value is -0.770. The first-order valence-electron chi connectivity index (χ1n) is 4.72. The molecule has 4 heteroatoms. The van der Waals surface area contributed by atoms with Gasteiger partial charge in [-0.05, 0) is 33.6 Å². The van der Waals surface area contributed by atoms with E-state index in [4.69, 9.17) is 4.84 Å². The first-order valence-corrected chi connectivity index (χ1v) is 4.72. The van der Waals surface area contributed by atoms with Gasteiger partial charge >= 0.3 is 6.09 Å². The summed E-state index contributed by atoms with van der Waals surface area (Å²) in [6, 6.07) is 0. The second kappa shape index (κ2) is 3.96. The highest BCUT2D eigenvalue weighted by molar-refractivity contribution is 5.67. The molecule has 0 aromatic carbocycles. The molecule has 4 nitrogen and oxygen atoms in total. The van der Waals surface area contributed by atoms with Gasteiger partial charge in [-0.3, -0.25) is 0 Å². The minimum atomic E-state index is -0.352. The summed E-state index contributed by atoms with van der Waals surface area (Å²) in [6.45, 7) is 7.50. The largest absolute Gasteiger partial charge is 0.426 e. The number of nitrogens with one attached hydrogen (secondary N) is 1. The van der Waals surface area contributed by atoms with Gasteiger partial charge in [-0.1, -0.05) is 0 Å². The molecule has 0 aromatic rings. The predicted octanol–water partition coefficient (Wildman–Crippen LogP) is 1.52. The molecule has 0 aromatic heterocycles. The molecule has 1 aliphatic rings. The fraction of sp³-hybridized carbons (Fsp3) is 0.889. The van der Waals surface area contributed by atoms with Crippen molar-refractivity contribution < 1.29 is 9.63 Å². The fourth-order valence-corrected chi connectivity index (χ4v) is 1.23. The average Bonchev–Trinajstić information content (AvgIpc) is 2.34. The van der Waals surface area contributed by atoms with Gasteiger partial charge < -0.3 is 10.2 Å². The summed E-state index contributed by atoms with van der Waals surface area (Å²) >= 11 is 0. The molecular weight excluding hydrogens is 168 g/mol. The molecule has 1 N–H and O–H groups in total. The fourth-order valence-electron chi connectivity index (χ4n) is 1.23. The Balaban J connectivity index is 2.24. The molecule has 1 aliphatic heterocycles. The van der Waals surface area contributed by atoms with E-state index in [2.05, 4.69) is 5.32 Å². The molecule has 0 unspecified atom stereocenters. The van der Waals surface area contributed by atoms with Crippen molar-refractivity contribution >= 4 is 6.09 Å². The first kappa shape index (κ1) is 10.3. The third-order valence-corrected chi connectivity index (χ3v) is 1.75. The molecule has 1 saturated heterocycles. The van der Waals surface area contributed by atoms with Crippen LogP contribution >= 0.6 is 0 Å². The van der Waals surface area contributed by atoms with E-state index in [9.17, 15) is 4.79 Å². The van der Waals surface area contributed by atoms with Crippen molar-refractivity contribution in [2.75, 3.05) is 13.1 Å². The molecule has 1 rings (SSSR count). The van der Waals surface area contributed by atoms with Crippen molar-refractivity contribution in [2.24, 2.45) is 0 Å². The summed E-state index contributed by atoms with van der Waals surface area (Å²) in [4.78, 5) is 16.3. The minimum Gasteiger partial charge on any atom is -0.351 e. The number of carbonyl (C=O) groups excluding carboxylic acids is 1. The van der Waals surface area contributed by atoms with Crippen LogP contribution in [0.15, 0.2) is 0 Å². The van der Waals surface area contributed by atoms with Crippen LogP contribution in [0.2, 0.25) is 0 Å². The Morgan fingerprint density at radius 3 is 2.31 bits per heavy atom. The highest BCUT2D eigenvalue weighted by Crippen LogP contribution is 2.08. The molecule has 0 spiro atoms. The lowest BCUT2D eigenvalue weighted by molar-refractivity contribution is -0.0824. The highest BCUT2D eigenvalue weighted by atomic mass is 16.7. The average molecular weight is 186 g/mol. The van der Waals surface area contributed by atoms with Crippen molar-refractivity contribution in [3.8, 4) is 0 Å². The summed E-state index contributed by atoms with van der Waals surface area (Å²) in [5.74, 6) is 0. The number of nitrogens with zero attached hydrogens (tertiary/aromatic N) is 1. The normalized spacial score (nSPS) is 18.7. The van der Waals surface area contributed by atoms with Crippen molar-refractivity contribution in [3.63, 3.8) is 0 Å². The van der Waals surface area contributed by atoms with Gasteiger partial charge in [-0.2, -0.15) is 0 Å². The quantitative estimate of drug-likeness (QED) is 0.675. The van der Waals surface area contributed by atoms with E-state index in [-0.39, 0.29) is 11.6 Å². The van der Waals surface area contributed by atoms with E-state index >= 15 is 0 Å². The minimum absolute atomic E-state index is 0.225. The van der Waals surface area contributed by atoms with Gasteiger partial charge in [0, 0.05) is 18.6 Å². The van der Waals surface area contributed by atoms with Crippen molar-refractivity contribution in [3.05, 3.63) is 0 Å². The van der Waals surface area contributed by atoms with E-state index in [1.807, 2.05) is 20.8 Å². The number of hydroxylamine groups is 2. The lowest BCUT2D eigenvalue weighted by atomic mass is 10.1. The van der Waals surface area contributed by atoms with Crippen LogP contribution in [0.1, 0.15) is 33.6 Å². The summed E-state index contributed by atoms with van der Waals surface area (Å²) in [5, 5.41) is 4.45. The monoisotopic (exact) mass is 186 g/mol. The zero-order valence-electron chi connectivity index (χ0n) is 8.59. The lowest BCUT2D eigenvalue weighted by Gasteiger charge is -2.22. The van der Waals surface area contributed by atoms with Crippen LogP contribution in [-0.4, -0.2) is 29.8 Å². The predicted molar refractivity (Wildman–Crippen MR) is 50.2 cm³/mol. The molecule has 0 atom stereocenters. The Labute approximate surface area is 79.2 Å². The van der Waals surface area contributed by atoms with Gasteiger partial charge in [0.25, 0.3) is 0 Å². The third-order valence-electron chi connectivity index (χ3n) is 1.75. The van der Waals surface area contributed by atoms with E-state index in [0.717, 1.165) is 25.9 Å². The smallest absolute Gasteiger partial charge is 0.351 e. The van der Waals surface area contributed by atoms with Crippen molar-refractivity contribution in [2.45, 2.75) is 39.2 Å². The Kier molecular flexibility index (Phi) is 3.14. The topological polar surface area (TPSA) is 41.6 Å². The molecule has 76 valence electrons. The van der Waals surface area contributed by atoms with Crippen molar-refractivity contribution in [1.29, 1.82) is 0 Å². The summed E-state index contributed by atoms with van der Waals surface area (Å²) < 4.78 is 0. The van der Waals surface area contributed by atoms with E-state index in [1.165, 1.54) is 0 Å². The van der Waals surface area contributed by atoms with Gasteiger partial charge in [0.05, 0.1) is 0 Å². The van der Waals surface area contributed by atoms with Gasteiger partial charge in [-0.15, -0.1) is 5.06 Å². The van der Waals surface area contributed by atoms with Crippen molar-refractivity contribution in [1.82, 2.24) is 10.4 Å². The summed E-state index contributed by atoms with van der Waals surface area (Å²) in [6.07, 6.45) is 1.88. The second-order valence-electron chi connectivity index (χ2n) is 4.39. The maximum absolute atomic E-state index is 11.2. The second-order valence-corrected chi connectivity index (χ2v) is 4.39. The number of hydrogen-bond acceptors (Lipinski definition) is 3. The zero-order valence-corrected chi connectivity index (χ0v) is 8.59. The number of hydrogen-bond donors (Lipinski definition) is 1. The maximum Gasteiger partial charge on any atom is 0.426 e. The SMILES string of the molecule is CC(C)(C)NC(=O)ON1CCCC1. The van der Waals surface area contributed by atoms with Crippen LogP contribution < -0.4 is 5.32 Å². The number of carbonyl (C=O) groups is 1. The zero-order chi connectivity index (χ0) is 9.90. The lowest BCUT2D eigenvalue weighted by Crippen LogP contribution is -2.43. The van der Waals surface area contributed by atoms with E-state index in [1.54, 1.807) is 5.06 Å². The highest BCUT2D eigenvalue weighted by Gasteiger charge is 2.19. The summed E-state index contributed by atoms with van der Waals surface area (Å²) in [5.41, 5.74) is -0.225. The molecule has 0 aliphatic carbocycles. The van der Waals surface area contributed by atoms with E-state index in [0.29, 0.717) is 0 Å². The van der Waals surface area contributed by atoms with Crippen LogP contribution in [-0.2, 0) is 4.84 Å². The molecule has 13 heavy (non-hydrogen) atoms. The molecule has 1 heterocycles. The number of amides is 1. The molecule has 0 bridgehead atoms. The molecule has 0 radical (unpaired) electrons. The standard InChI is InChI=1S/C9H18N2O2/c1-9(2,3)10-8(12)13-11-6-4-5-7-11/h4-7H2,1-3H3,(H,10,12). The van der Waals surface area contributed by atoms with Gasteiger partial charge in [0.1, 0.15) is 0 Å². The Bertz CT molecular complexity index is 181. The molecule has 1 fully saturated rings. The van der Waals surface area contributed by atoms with Crippen LogP contribution in [0, 0.1) is 0 Å². The maximum atomic E-state index is 11.2. The van der Waals surface area contributed by atoms with Crippen LogP contribution in [0.5, 0.6) is 0 Å². The number of rotatable bonds is 1. The van der Waals surface area contributed by atoms with E-state index < -0.39 is 0 Å². The summed E-state index contributed by atoms with van der Waals surface area (Å²) in [7, 11) is 0. The third kappa shape index (κ3) is 4.12. The van der Waals surface area contributed by atoms with Gasteiger partial charge in [-0.25, -0.2) is 4.79 Å². The van der Waals surface area contributed by atoms with Gasteiger partial charge in [0.15, 0.2) is 0 Å². The molecule has 1 amide bonds. The molecular formula is C9H18N2O2. The Morgan fingerprint density at radius 2 is 1.85 bits per heavy atom. The van der Waals surface area contributed by atoms with Crippen LogP contribution in [0.3, 0.4) is 0 Å². The van der Waals surface area contributed by atoms with Crippen LogP contribution in [0.4, 0.5) is 4.79 Å².